The zero-order valence-electron chi connectivity index (χ0n) is 8.86. The minimum atomic E-state index is 0.760. The Kier molecular flexibility index (Phi) is 13.3. The van der Waals surface area contributed by atoms with Crippen molar-refractivity contribution in [3.05, 3.63) is 0 Å². The van der Waals surface area contributed by atoms with Gasteiger partial charge in [0.2, 0.25) is 0 Å². The SMILES string of the molecule is CCCCCCCCCCSCCl. The van der Waals surface area contributed by atoms with Crippen LogP contribution in [0.4, 0.5) is 0 Å². The van der Waals surface area contributed by atoms with Crippen LogP contribution in [0.2, 0.25) is 0 Å². The number of thioether (sulfide) groups is 1. The molecule has 0 nitrogen and oxygen atoms in total. The van der Waals surface area contributed by atoms with Gasteiger partial charge < -0.3 is 0 Å². The highest BCUT2D eigenvalue weighted by atomic mass is 35.5. The minimum Gasteiger partial charge on any atom is -0.146 e. The smallest absolute Gasteiger partial charge is 0.0680 e. The highest BCUT2D eigenvalue weighted by molar-refractivity contribution is 8.00. The summed E-state index contributed by atoms with van der Waals surface area (Å²) in [7, 11) is 0. The molecule has 0 saturated carbocycles. The molecular formula is C11H23ClS. The Balaban J connectivity index is 2.76. The number of alkyl halides is 1. The molecule has 0 saturated heterocycles. The summed E-state index contributed by atoms with van der Waals surface area (Å²) >= 11 is 7.41. The first kappa shape index (κ1) is 13.6. The summed E-state index contributed by atoms with van der Waals surface area (Å²) in [5.41, 5.74) is 0. The second-order valence-corrected chi connectivity index (χ2v) is 5.18. The van der Waals surface area contributed by atoms with Crippen molar-refractivity contribution in [2.24, 2.45) is 0 Å². The second kappa shape index (κ2) is 12.6. The molecule has 0 spiro atoms. The van der Waals surface area contributed by atoms with Gasteiger partial charge in [0.1, 0.15) is 0 Å². The van der Waals surface area contributed by atoms with E-state index in [1.807, 2.05) is 11.8 Å². The lowest BCUT2D eigenvalue weighted by Gasteiger charge is -2.00. The van der Waals surface area contributed by atoms with Crippen LogP contribution < -0.4 is 0 Å². The lowest BCUT2D eigenvalue weighted by molar-refractivity contribution is 0.586. The first-order valence-electron chi connectivity index (χ1n) is 5.55. The molecule has 0 N–H and O–H groups in total. The van der Waals surface area contributed by atoms with E-state index in [1.54, 1.807) is 0 Å². The molecule has 0 aromatic rings. The van der Waals surface area contributed by atoms with Gasteiger partial charge >= 0.3 is 0 Å². The van der Waals surface area contributed by atoms with E-state index in [9.17, 15) is 0 Å². The van der Waals surface area contributed by atoms with Crippen LogP contribution in [-0.2, 0) is 0 Å². The number of halogens is 1. The third kappa shape index (κ3) is 12.6. The van der Waals surface area contributed by atoms with Crippen molar-refractivity contribution >= 4 is 23.4 Å². The summed E-state index contributed by atoms with van der Waals surface area (Å²) in [6, 6.07) is 0. The number of rotatable bonds is 10. The van der Waals surface area contributed by atoms with E-state index in [0.717, 1.165) is 5.21 Å². The molecule has 0 aromatic carbocycles. The van der Waals surface area contributed by atoms with Gasteiger partial charge in [-0.1, -0.05) is 51.9 Å². The third-order valence-electron chi connectivity index (χ3n) is 2.22. The van der Waals surface area contributed by atoms with Crippen molar-refractivity contribution < 1.29 is 0 Å². The largest absolute Gasteiger partial charge is 0.146 e. The summed E-state index contributed by atoms with van der Waals surface area (Å²) in [4.78, 5) is 0. The van der Waals surface area contributed by atoms with E-state index < -0.39 is 0 Å². The minimum absolute atomic E-state index is 0.760. The molecule has 0 aliphatic rings. The maximum atomic E-state index is 5.56. The van der Waals surface area contributed by atoms with Crippen molar-refractivity contribution in [1.82, 2.24) is 0 Å². The van der Waals surface area contributed by atoms with Gasteiger partial charge in [-0.2, -0.15) is 0 Å². The van der Waals surface area contributed by atoms with Crippen molar-refractivity contribution in [3.63, 3.8) is 0 Å². The predicted molar refractivity (Wildman–Crippen MR) is 65.8 cm³/mol. The molecule has 0 amide bonds. The van der Waals surface area contributed by atoms with Crippen LogP contribution in [0.5, 0.6) is 0 Å². The van der Waals surface area contributed by atoms with Gasteiger partial charge in [-0.15, -0.1) is 23.4 Å². The Bertz CT molecular complexity index is 76.2. The van der Waals surface area contributed by atoms with Crippen molar-refractivity contribution in [2.75, 3.05) is 11.0 Å². The molecule has 0 unspecified atom stereocenters. The van der Waals surface area contributed by atoms with Crippen molar-refractivity contribution in [3.8, 4) is 0 Å². The zero-order chi connectivity index (χ0) is 9.78. The molecule has 2 heteroatoms. The number of hydrogen-bond donors (Lipinski definition) is 0. The van der Waals surface area contributed by atoms with E-state index in [1.165, 1.54) is 57.1 Å². The molecule has 0 aromatic heterocycles. The van der Waals surface area contributed by atoms with Gasteiger partial charge in [0.25, 0.3) is 0 Å². The Hall–Kier alpha value is 0.640. The Morgan fingerprint density at radius 2 is 1.38 bits per heavy atom. The standard InChI is InChI=1S/C11H23ClS/c1-2-3-4-5-6-7-8-9-10-13-11-12/h2-11H2,1H3. The van der Waals surface area contributed by atoms with E-state index in [-0.39, 0.29) is 0 Å². The molecule has 0 bridgehead atoms. The lowest BCUT2D eigenvalue weighted by atomic mass is 10.1. The Morgan fingerprint density at radius 3 is 1.92 bits per heavy atom. The fraction of sp³-hybridized carbons (Fsp3) is 1.00. The molecule has 0 atom stereocenters. The Labute approximate surface area is 92.8 Å². The van der Waals surface area contributed by atoms with E-state index >= 15 is 0 Å². The van der Waals surface area contributed by atoms with Crippen LogP contribution in [0, 0.1) is 0 Å². The van der Waals surface area contributed by atoms with Crippen LogP contribution in [0.3, 0.4) is 0 Å². The molecular weight excluding hydrogens is 200 g/mol. The van der Waals surface area contributed by atoms with Crippen LogP contribution in [0.25, 0.3) is 0 Å². The van der Waals surface area contributed by atoms with Crippen LogP contribution in [0.1, 0.15) is 58.3 Å². The summed E-state index contributed by atoms with van der Waals surface area (Å²) < 4.78 is 0. The molecule has 0 aliphatic carbocycles. The topological polar surface area (TPSA) is 0 Å². The third-order valence-corrected chi connectivity index (χ3v) is 3.41. The summed E-state index contributed by atoms with van der Waals surface area (Å²) in [5, 5.41) is 0.760. The highest BCUT2D eigenvalue weighted by Gasteiger charge is 1.91. The van der Waals surface area contributed by atoms with Crippen molar-refractivity contribution in [1.29, 1.82) is 0 Å². The first-order valence-corrected chi connectivity index (χ1v) is 7.24. The normalized spacial score (nSPS) is 10.6. The molecule has 0 rings (SSSR count). The molecule has 0 heterocycles. The van der Waals surface area contributed by atoms with Crippen LogP contribution >= 0.6 is 23.4 Å². The highest BCUT2D eigenvalue weighted by Crippen LogP contribution is 2.11. The van der Waals surface area contributed by atoms with E-state index in [4.69, 9.17) is 11.6 Å². The molecule has 80 valence electrons. The maximum Gasteiger partial charge on any atom is 0.0680 e. The molecule has 0 fully saturated rings. The second-order valence-electron chi connectivity index (χ2n) is 3.49. The quantitative estimate of drug-likeness (QED) is 0.368. The van der Waals surface area contributed by atoms with Gasteiger partial charge in [-0.25, -0.2) is 0 Å². The lowest BCUT2D eigenvalue weighted by Crippen LogP contribution is -1.82. The van der Waals surface area contributed by atoms with Crippen LogP contribution in [0.15, 0.2) is 0 Å². The Morgan fingerprint density at radius 1 is 0.846 bits per heavy atom. The van der Waals surface area contributed by atoms with Gasteiger partial charge in [-0.3, -0.25) is 0 Å². The van der Waals surface area contributed by atoms with Crippen LogP contribution in [-0.4, -0.2) is 11.0 Å². The average molecular weight is 223 g/mol. The first-order chi connectivity index (χ1) is 6.41. The average Bonchev–Trinajstić information content (AvgIpc) is 2.16. The zero-order valence-corrected chi connectivity index (χ0v) is 10.4. The monoisotopic (exact) mass is 222 g/mol. The number of hydrogen-bond acceptors (Lipinski definition) is 1. The van der Waals surface area contributed by atoms with Gasteiger partial charge in [0, 0.05) is 0 Å². The van der Waals surface area contributed by atoms with Crippen molar-refractivity contribution in [2.45, 2.75) is 58.3 Å². The molecule has 13 heavy (non-hydrogen) atoms. The predicted octanol–water partition coefficient (Wildman–Crippen LogP) is 5.06. The summed E-state index contributed by atoms with van der Waals surface area (Å²) in [6.45, 7) is 2.27. The fourth-order valence-corrected chi connectivity index (χ4v) is 2.24. The maximum absolute atomic E-state index is 5.56. The molecule has 0 radical (unpaired) electrons. The summed E-state index contributed by atoms with van der Waals surface area (Å²) in [5.74, 6) is 1.25. The van der Waals surface area contributed by atoms with E-state index in [2.05, 4.69) is 6.92 Å². The fourth-order valence-electron chi connectivity index (χ4n) is 1.39. The van der Waals surface area contributed by atoms with Gasteiger partial charge in [0.05, 0.1) is 5.21 Å². The van der Waals surface area contributed by atoms with E-state index in [0.29, 0.717) is 0 Å². The van der Waals surface area contributed by atoms with Gasteiger partial charge in [0.15, 0.2) is 0 Å². The number of unbranched alkanes of at least 4 members (excludes halogenated alkanes) is 7. The van der Waals surface area contributed by atoms with Gasteiger partial charge in [-0.05, 0) is 12.2 Å². The summed E-state index contributed by atoms with van der Waals surface area (Å²) in [6.07, 6.45) is 11.3. The molecule has 0 aliphatic heterocycles.